The fourth-order valence-corrected chi connectivity index (χ4v) is 5.49. The van der Waals surface area contributed by atoms with E-state index in [0.717, 1.165) is 41.9 Å². The molecule has 0 N–H and O–H groups in total. The van der Waals surface area contributed by atoms with Gasteiger partial charge in [0, 0.05) is 26.2 Å². The predicted molar refractivity (Wildman–Crippen MR) is 101 cm³/mol. The van der Waals surface area contributed by atoms with Gasteiger partial charge in [-0.3, -0.25) is 0 Å². The number of nitrogens with zero attached hydrogens (tertiary/aromatic N) is 4. The second-order valence-electron chi connectivity index (χ2n) is 7.19. The number of piperazine rings is 1. The van der Waals surface area contributed by atoms with Gasteiger partial charge in [0.25, 0.3) is 0 Å². The van der Waals surface area contributed by atoms with Crippen LogP contribution in [0.4, 0.5) is 5.82 Å². The zero-order valence-electron chi connectivity index (χ0n) is 15.3. The molecule has 1 aliphatic heterocycles. The molecule has 0 spiro atoms. The van der Waals surface area contributed by atoms with Gasteiger partial charge in [-0.25, -0.2) is 8.42 Å². The number of anilines is 1. The highest BCUT2D eigenvalue weighted by Gasteiger charge is 2.30. The molecule has 0 bridgehead atoms. The summed E-state index contributed by atoms with van der Waals surface area (Å²) in [7, 11) is -3.46. The van der Waals surface area contributed by atoms with Crippen molar-refractivity contribution in [1.29, 1.82) is 0 Å². The summed E-state index contributed by atoms with van der Waals surface area (Å²) in [6.45, 7) is 5.98. The van der Waals surface area contributed by atoms with Crippen LogP contribution in [-0.2, 0) is 22.9 Å². The number of aryl methyl sites for hydroxylation is 4. The molecule has 26 heavy (non-hydrogen) atoms. The average Bonchev–Trinajstić information content (AvgIpc) is 3.11. The van der Waals surface area contributed by atoms with E-state index in [4.69, 9.17) is 0 Å². The molecule has 0 amide bonds. The van der Waals surface area contributed by atoms with Crippen molar-refractivity contribution in [2.75, 3.05) is 31.1 Å². The third kappa shape index (κ3) is 3.10. The van der Waals surface area contributed by atoms with E-state index in [9.17, 15) is 8.42 Å². The van der Waals surface area contributed by atoms with E-state index in [1.54, 1.807) is 10.4 Å². The van der Waals surface area contributed by atoms with Crippen LogP contribution in [0.15, 0.2) is 29.2 Å². The molecule has 1 saturated heterocycles. The van der Waals surface area contributed by atoms with Crippen molar-refractivity contribution in [2.45, 2.75) is 38.0 Å². The van der Waals surface area contributed by atoms with Crippen LogP contribution >= 0.6 is 0 Å². The van der Waals surface area contributed by atoms with Gasteiger partial charge in [-0.15, -0.1) is 5.10 Å². The van der Waals surface area contributed by atoms with Gasteiger partial charge in [-0.1, -0.05) is 12.1 Å². The molecule has 1 aliphatic carbocycles. The molecule has 0 atom stereocenters. The zero-order valence-corrected chi connectivity index (χ0v) is 16.1. The minimum absolute atomic E-state index is 0.420. The van der Waals surface area contributed by atoms with Crippen molar-refractivity contribution in [2.24, 2.45) is 0 Å². The van der Waals surface area contributed by atoms with E-state index < -0.39 is 10.0 Å². The molecule has 1 aromatic carbocycles. The highest BCUT2D eigenvalue weighted by Crippen LogP contribution is 2.26. The summed E-state index contributed by atoms with van der Waals surface area (Å²) in [5, 5.41) is 8.70. The third-order valence-corrected chi connectivity index (χ3v) is 7.37. The zero-order chi connectivity index (χ0) is 18.3. The molecule has 7 heteroatoms. The number of benzene rings is 1. The topological polar surface area (TPSA) is 66.4 Å². The number of hydrogen-bond acceptors (Lipinski definition) is 5. The van der Waals surface area contributed by atoms with Crippen molar-refractivity contribution >= 4 is 15.8 Å². The molecule has 0 unspecified atom stereocenters. The van der Waals surface area contributed by atoms with Crippen LogP contribution in [0.25, 0.3) is 0 Å². The number of hydrogen-bond donors (Lipinski definition) is 0. The monoisotopic (exact) mass is 372 g/mol. The predicted octanol–water partition coefficient (Wildman–Crippen LogP) is 2.09. The summed E-state index contributed by atoms with van der Waals surface area (Å²) in [4.78, 5) is 2.56. The van der Waals surface area contributed by atoms with Gasteiger partial charge in [0.05, 0.1) is 10.6 Å². The molecular weight excluding hydrogens is 348 g/mol. The van der Waals surface area contributed by atoms with Crippen LogP contribution in [0.5, 0.6) is 0 Å². The van der Waals surface area contributed by atoms with Crippen LogP contribution in [0.1, 0.15) is 28.8 Å². The quantitative estimate of drug-likeness (QED) is 0.825. The van der Waals surface area contributed by atoms with E-state index in [1.807, 2.05) is 26.0 Å². The molecule has 0 radical (unpaired) electrons. The normalized spacial score (nSPS) is 18.2. The Bertz CT molecular complexity index is 935. The maximum absolute atomic E-state index is 13.0. The Morgan fingerprint density at radius 3 is 2.50 bits per heavy atom. The highest BCUT2D eigenvalue weighted by molar-refractivity contribution is 7.89. The Hall–Kier alpha value is -1.99. The molecule has 4 rings (SSSR count). The number of fused-ring (bicyclic) bond motifs is 1. The van der Waals surface area contributed by atoms with Crippen molar-refractivity contribution < 1.29 is 8.42 Å². The first-order valence-corrected chi connectivity index (χ1v) is 10.6. The van der Waals surface area contributed by atoms with Gasteiger partial charge >= 0.3 is 0 Å². The van der Waals surface area contributed by atoms with E-state index >= 15 is 0 Å². The van der Waals surface area contributed by atoms with Gasteiger partial charge < -0.3 is 4.90 Å². The lowest BCUT2D eigenvalue weighted by Gasteiger charge is -2.34. The van der Waals surface area contributed by atoms with E-state index in [2.05, 4.69) is 21.2 Å². The molecule has 2 aromatic rings. The maximum Gasteiger partial charge on any atom is 0.243 e. The minimum Gasteiger partial charge on any atom is -0.352 e. The van der Waals surface area contributed by atoms with Crippen molar-refractivity contribution in [1.82, 2.24) is 14.5 Å². The summed E-state index contributed by atoms with van der Waals surface area (Å²) in [6.07, 6.45) is 3.23. The molecule has 6 nitrogen and oxygen atoms in total. The van der Waals surface area contributed by atoms with E-state index in [0.29, 0.717) is 31.1 Å². The fraction of sp³-hybridized carbons (Fsp3) is 0.474. The SMILES string of the molecule is Cc1ccc(C)c(S(=O)(=O)N2CCN(c3cc4c(nn3)CCC4)CC2)c1. The van der Waals surface area contributed by atoms with Crippen molar-refractivity contribution in [3.63, 3.8) is 0 Å². The summed E-state index contributed by atoms with van der Waals surface area (Å²) in [6, 6.07) is 7.71. The summed E-state index contributed by atoms with van der Waals surface area (Å²) in [5.41, 5.74) is 4.16. The molecular formula is C19H24N4O2S. The summed E-state index contributed by atoms with van der Waals surface area (Å²) in [5.74, 6) is 0.870. The highest BCUT2D eigenvalue weighted by atomic mass is 32.2. The minimum atomic E-state index is -3.46. The Morgan fingerprint density at radius 2 is 1.73 bits per heavy atom. The molecule has 0 saturated carbocycles. The molecule has 1 aromatic heterocycles. The van der Waals surface area contributed by atoms with Gasteiger partial charge in [0.1, 0.15) is 0 Å². The summed E-state index contributed by atoms with van der Waals surface area (Å²) >= 11 is 0. The lowest BCUT2D eigenvalue weighted by Crippen LogP contribution is -2.49. The Morgan fingerprint density at radius 1 is 0.962 bits per heavy atom. The van der Waals surface area contributed by atoms with Crippen LogP contribution in [0, 0.1) is 13.8 Å². The van der Waals surface area contributed by atoms with Gasteiger partial charge in [-0.2, -0.15) is 9.40 Å². The lowest BCUT2D eigenvalue weighted by molar-refractivity contribution is 0.383. The molecule has 2 heterocycles. The first-order chi connectivity index (χ1) is 12.4. The average molecular weight is 372 g/mol. The van der Waals surface area contributed by atoms with E-state index in [-0.39, 0.29) is 0 Å². The van der Waals surface area contributed by atoms with Crippen molar-refractivity contribution in [3.05, 3.63) is 46.6 Å². The van der Waals surface area contributed by atoms with Crippen LogP contribution < -0.4 is 4.90 Å². The van der Waals surface area contributed by atoms with E-state index in [1.165, 1.54) is 5.56 Å². The fourth-order valence-electron chi connectivity index (χ4n) is 3.75. The van der Waals surface area contributed by atoms with Crippen LogP contribution in [-0.4, -0.2) is 49.1 Å². The Kier molecular flexibility index (Phi) is 4.44. The Labute approximate surface area is 154 Å². The number of sulfonamides is 1. The molecule has 2 aliphatic rings. The first-order valence-electron chi connectivity index (χ1n) is 9.13. The van der Waals surface area contributed by atoms with Gasteiger partial charge in [-0.05, 0) is 61.9 Å². The van der Waals surface area contributed by atoms with Crippen molar-refractivity contribution in [3.8, 4) is 0 Å². The number of aromatic nitrogens is 2. The van der Waals surface area contributed by atoms with Crippen LogP contribution in [0.2, 0.25) is 0 Å². The second kappa shape index (κ2) is 6.63. The Balaban J connectivity index is 1.50. The maximum atomic E-state index is 13.0. The van der Waals surface area contributed by atoms with Crippen LogP contribution in [0.3, 0.4) is 0 Å². The summed E-state index contributed by atoms with van der Waals surface area (Å²) < 4.78 is 27.7. The van der Waals surface area contributed by atoms with Gasteiger partial charge in [0.2, 0.25) is 10.0 Å². The molecule has 138 valence electrons. The van der Waals surface area contributed by atoms with Gasteiger partial charge in [0.15, 0.2) is 5.82 Å². The molecule has 1 fully saturated rings. The third-order valence-electron chi connectivity index (χ3n) is 5.33. The largest absolute Gasteiger partial charge is 0.352 e. The standard InChI is InChI=1S/C19H24N4O2S/c1-14-6-7-15(2)18(12-14)26(24,25)23-10-8-22(9-11-23)19-13-16-4-3-5-17(16)20-21-19/h6-7,12-13H,3-5,8-11H2,1-2H3. The second-order valence-corrected chi connectivity index (χ2v) is 9.09. The smallest absolute Gasteiger partial charge is 0.243 e. The first kappa shape index (κ1) is 17.4. The lowest BCUT2D eigenvalue weighted by atomic mass is 10.2. The number of rotatable bonds is 3.